The fraction of sp³-hybridized carbons (Fsp3) is 0.281. The maximum absolute atomic E-state index is 13.6. The van der Waals surface area contributed by atoms with E-state index < -0.39 is 54.1 Å². The number of rotatable bonds is 5. The van der Waals surface area contributed by atoms with Gasteiger partial charge in [-0.1, -0.05) is 54.6 Å². The highest BCUT2D eigenvalue weighted by molar-refractivity contribution is 6.00. The van der Waals surface area contributed by atoms with Crippen LogP contribution in [0.2, 0.25) is 0 Å². The lowest BCUT2D eigenvalue weighted by atomic mass is 10.0. The molecule has 0 unspecified atom stereocenters. The van der Waals surface area contributed by atoms with Gasteiger partial charge in [0.15, 0.2) is 0 Å². The van der Waals surface area contributed by atoms with Gasteiger partial charge in [0.1, 0.15) is 29.6 Å². The average molecular weight is 603 g/mol. The molecule has 4 amide bonds. The second kappa shape index (κ2) is 15.2. The van der Waals surface area contributed by atoms with Crippen LogP contribution in [0.25, 0.3) is 0 Å². The summed E-state index contributed by atoms with van der Waals surface area (Å²) in [4.78, 5) is 65.1. The zero-order valence-corrected chi connectivity index (χ0v) is 23.8. The van der Waals surface area contributed by atoms with Crippen LogP contribution < -0.4 is 26.0 Å². The third-order valence-electron chi connectivity index (χ3n) is 6.95. The molecule has 4 rings (SSSR count). The molecule has 1 heterocycles. The van der Waals surface area contributed by atoms with Gasteiger partial charge in [-0.15, -0.1) is 0 Å². The number of carboxylic acids is 1. The van der Waals surface area contributed by atoms with Crippen molar-refractivity contribution in [1.29, 1.82) is 0 Å². The Hall–Kier alpha value is -5.39. The summed E-state index contributed by atoms with van der Waals surface area (Å²) in [6.45, 7) is 0.350. The first-order valence-electron chi connectivity index (χ1n) is 14.1. The number of hydrogen-bond acceptors (Lipinski definition) is 7. The highest BCUT2D eigenvalue weighted by Crippen LogP contribution is 2.19. The van der Waals surface area contributed by atoms with Crippen LogP contribution in [0.3, 0.4) is 0 Å². The van der Waals surface area contributed by atoms with E-state index >= 15 is 0 Å². The molecule has 1 aliphatic heterocycles. The summed E-state index contributed by atoms with van der Waals surface area (Å²) in [7, 11) is 0. The Kier molecular flexibility index (Phi) is 10.9. The molecule has 0 radical (unpaired) electrons. The Labute approximate surface area is 253 Å². The molecule has 0 aromatic heterocycles. The second-order valence-corrected chi connectivity index (χ2v) is 10.3. The number of carboxylic acid groups (broad SMARTS) is 1. The summed E-state index contributed by atoms with van der Waals surface area (Å²) in [5.74, 6) is -3.89. The maximum Gasteiger partial charge on any atom is 0.326 e. The van der Waals surface area contributed by atoms with E-state index in [0.717, 1.165) is 5.56 Å². The number of phenolic OH excluding ortho intramolecular Hbond substituents is 1. The lowest BCUT2D eigenvalue weighted by Gasteiger charge is -2.24. The van der Waals surface area contributed by atoms with Gasteiger partial charge in [-0.25, -0.2) is 4.79 Å². The number of benzene rings is 3. The molecule has 0 spiro atoms. The topological polar surface area (TPSA) is 183 Å². The van der Waals surface area contributed by atoms with E-state index in [9.17, 15) is 34.2 Å². The fourth-order valence-corrected chi connectivity index (χ4v) is 4.65. The van der Waals surface area contributed by atoms with Crippen LogP contribution >= 0.6 is 0 Å². The number of fused-ring (bicyclic) bond motifs is 1. The van der Waals surface area contributed by atoms with Crippen molar-refractivity contribution in [3.63, 3.8) is 0 Å². The van der Waals surface area contributed by atoms with Gasteiger partial charge in [0.05, 0.1) is 18.6 Å². The normalized spacial score (nSPS) is 20.3. The zero-order valence-electron chi connectivity index (χ0n) is 23.8. The van der Waals surface area contributed by atoms with Crippen LogP contribution in [0.15, 0.2) is 78.9 Å². The molecule has 44 heavy (non-hydrogen) atoms. The van der Waals surface area contributed by atoms with Crippen molar-refractivity contribution in [1.82, 2.24) is 21.3 Å². The Bertz CT molecular complexity index is 1480. The highest BCUT2D eigenvalue weighted by Gasteiger charge is 2.30. The standard InChI is InChI=1S/C32H34N4O8/c37-22-13-11-21(12-14-22)18-25-31(41)35-24(17-20-7-2-1-3-8-20)30(40)33-15-6-16-44-27-10-5-4-9-23(27)29(39)36-26(32(42)43)19-28(38)34-25/h1-5,7-14,24-26,37H,6,15-19H2,(H,33,40)(H,34,38)(H,35,41)(H,36,39)(H,42,43)/t24-,25-,26-/m0/s1. The van der Waals surface area contributed by atoms with E-state index in [1.165, 1.54) is 18.2 Å². The number of nitrogens with one attached hydrogen (secondary N) is 4. The van der Waals surface area contributed by atoms with Crippen LogP contribution in [0.1, 0.15) is 34.3 Å². The molecule has 1 aliphatic rings. The van der Waals surface area contributed by atoms with E-state index in [2.05, 4.69) is 21.3 Å². The van der Waals surface area contributed by atoms with E-state index in [4.69, 9.17) is 4.74 Å². The van der Waals surface area contributed by atoms with Crippen molar-refractivity contribution in [3.8, 4) is 11.5 Å². The van der Waals surface area contributed by atoms with Gasteiger partial charge in [-0.3, -0.25) is 19.2 Å². The van der Waals surface area contributed by atoms with Crippen LogP contribution in [-0.4, -0.2) is 71.1 Å². The number of aromatic hydroxyl groups is 1. The number of aliphatic carboxylic acids is 1. The number of ether oxygens (including phenoxy) is 1. The first-order chi connectivity index (χ1) is 21.2. The molecule has 3 aromatic rings. The lowest BCUT2D eigenvalue weighted by molar-refractivity contribution is -0.141. The zero-order chi connectivity index (χ0) is 31.5. The van der Waals surface area contributed by atoms with Crippen LogP contribution in [0.5, 0.6) is 11.5 Å². The minimum absolute atomic E-state index is 0.0126. The van der Waals surface area contributed by atoms with Gasteiger partial charge in [-0.05, 0) is 41.8 Å². The van der Waals surface area contributed by atoms with Gasteiger partial charge < -0.3 is 36.2 Å². The first-order valence-corrected chi connectivity index (χ1v) is 14.1. The van der Waals surface area contributed by atoms with Crippen LogP contribution in [0.4, 0.5) is 0 Å². The summed E-state index contributed by atoms with van der Waals surface area (Å²) in [5, 5.41) is 30.0. The predicted octanol–water partition coefficient (Wildman–Crippen LogP) is 1.32. The van der Waals surface area contributed by atoms with Gasteiger partial charge in [0, 0.05) is 19.4 Å². The molecule has 12 nitrogen and oxygen atoms in total. The van der Waals surface area contributed by atoms with E-state index in [0.29, 0.717) is 12.0 Å². The maximum atomic E-state index is 13.6. The van der Waals surface area contributed by atoms with Gasteiger partial charge in [-0.2, -0.15) is 0 Å². The monoisotopic (exact) mass is 602 g/mol. The Morgan fingerprint density at radius 2 is 1.41 bits per heavy atom. The van der Waals surface area contributed by atoms with E-state index in [1.54, 1.807) is 30.3 Å². The number of para-hydroxylation sites is 1. The van der Waals surface area contributed by atoms with E-state index in [-0.39, 0.29) is 43.1 Å². The molecule has 0 fully saturated rings. The summed E-state index contributed by atoms with van der Waals surface area (Å²) in [6.07, 6.45) is -0.135. The molecule has 12 heteroatoms. The van der Waals surface area contributed by atoms with Crippen LogP contribution in [-0.2, 0) is 32.0 Å². The van der Waals surface area contributed by atoms with Crippen molar-refractivity contribution in [2.75, 3.05) is 13.2 Å². The quantitative estimate of drug-likeness (QED) is 0.253. The molecule has 0 saturated heterocycles. The van der Waals surface area contributed by atoms with Gasteiger partial charge in [0.25, 0.3) is 5.91 Å². The second-order valence-electron chi connectivity index (χ2n) is 10.3. The molecule has 230 valence electrons. The number of carbonyl (C=O) groups excluding carboxylic acids is 4. The van der Waals surface area contributed by atoms with Gasteiger partial charge >= 0.3 is 5.97 Å². The van der Waals surface area contributed by atoms with Crippen molar-refractivity contribution in [2.45, 2.75) is 43.8 Å². The number of phenols is 1. The SMILES string of the molecule is O=C1C[C@@H](C(=O)O)NC(=O)c2ccccc2OCCCNC(=O)[C@H](Cc2ccccc2)NC(=O)[C@H](Cc2ccc(O)cc2)N1. The number of carbonyl (C=O) groups is 5. The molecular formula is C32H34N4O8. The minimum Gasteiger partial charge on any atom is -0.508 e. The van der Waals surface area contributed by atoms with Crippen molar-refractivity contribution in [2.24, 2.45) is 0 Å². The molecular weight excluding hydrogens is 568 g/mol. The van der Waals surface area contributed by atoms with Crippen LogP contribution in [0, 0.1) is 0 Å². The third kappa shape index (κ3) is 9.05. The van der Waals surface area contributed by atoms with E-state index in [1.807, 2.05) is 30.3 Å². The Balaban J connectivity index is 1.64. The summed E-state index contributed by atoms with van der Waals surface area (Å²) in [6, 6.07) is 17.6. The molecule has 0 aliphatic carbocycles. The largest absolute Gasteiger partial charge is 0.508 e. The van der Waals surface area contributed by atoms with Crippen molar-refractivity contribution in [3.05, 3.63) is 95.6 Å². The molecule has 3 atom stereocenters. The minimum atomic E-state index is -1.61. The first kappa shape index (κ1) is 31.5. The lowest BCUT2D eigenvalue weighted by Crippen LogP contribution is -2.56. The summed E-state index contributed by atoms with van der Waals surface area (Å²) >= 11 is 0. The predicted molar refractivity (Wildman–Crippen MR) is 159 cm³/mol. The molecule has 3 aromatic carbocycles. The third-order valence-corrected chi connectivity index (χ3v) is 6.95. The summed E-state index contributed by atoms with van der Waals surface area (Å²) < 4.78 is 5.75. The van der Waals surface area contributed by atoms with Crippen molar-refractivity contribution >= 4 is 29.6 Å². The number of amides is 4. The number of hydrogen-bond donors (Lipinski definition) is 6. The fourth-order valence-electron chi connectivity index (χ4n) is 4.65. The van der Waals surface area contributed by atoms with Gasteiger partial charge in [0.2, 0.25) is 17.7 Å². The average Bonchev–Trinajstić information content (AvgIpc) is 3.01. The summed E-state index contributed by atoms with van der Waals surface area (Å²) in [5.41, 5.74) is 1.47. The van der Waals surface area contributed by atoms with Crippen molar-refractivity contribution < 1.29 is 38.9 Å². The molecule has 6 N–H and O–H groups in total. The Morgan fingerprint density at radius 3 is 2.11 bits per heavy atom. The smallest absolute Gasteiger partial charge is 0.326 e. The Morgan fingerprint density at radius 1 is 0.773 bits per heavy atom. The molecule has 0 bridgehead atoms. The highest BCUT2D eigenvalue weighted by atomic mass is 16.5. The molecule has 0 saturated carbocycles.